The molecule has 2 heterocycles. The summed E-state index contributed by atoms with van der Waals surface area (Å²) in [5.74, 6) is -0.0154. The van der Waals surface area contributed by atoms with Crippen LogP contribution < -0.4 is 10.6 Å². The van der Waals surface area contributed by atoms with Gasteiger partial charge in [0.25, 0.3) is 5.91 Å². The number of hydrogen-bond donors (Lipinski definition) is 2. The van der Waals surface area contributed by atoms with Crippen molar-refractivity contribution >= 4 is 57.6 Å². The number of fused-ring (bicyclic) bond motifs is 1. The van der Waals surface area contributed by atoms with Gasteiger partial charge in [-0.15, -0.1) is 24.8 Å². The lowest BCUT2D eigenvalue weighted by atomic mass is 9.99. The Bertz CT molecular complexity index is 721. The third kappa shape index (κ3) is 4.60. The molecule has 1 fully saturated rings. The lowest BCUT2D eigenvalue weighted by Gasteiger charge is -2.30. The lowest BCUT2D eigenvalue weighted by Crippen LogP contribution is -2.51. The van der Waals surface area contributed by atoms with E-state index in [-0.39, 0.29) is 36.8 Å². The van der Waals surface area contributed by atoms with Gasteiger partial charge in [0.05, 0.1) is 11.1 Å². The number of amides is 1. The first-order chi connectivity index (χ1) is 10.5. The Morgan fingerprint density at radius 3 is 2.79 bits per heavy atom. The molecule has 7 heteroatoms. The number of aryl methyl sites for hydroxylation is 1. The summed E-state index contributed by atoms with van der Waals surface area (Å²) in [5, 5.41) is 7.48. The van der Waals surface area contributed by atoms with Gasteiger partial charge in [-0.05, 0) is 51.4 Å². The molecule has 1 aliphatic rings. The molecule has 3 rings (SSSR count). The Morgan fingerprint density at radius 2 is 2.08 bits per heavy atom. The van der Waals surface area contributed by atoms with Crippen LogP contribution in [0.1, 0.15) is 35.8 Å². The standard InChI is InChI=1S/C17H20BrN3O.2ClH/c1-10-8-14(13-6-5-12(18)9-16(13)20-10)17(22)21-15-4-3-7-19-11(15)2;;/h5-6,8-9,11,15,19H,3-4,7H2,1-2H3,(H,21,22);2*1H. The molecule has 0 spiro atoms. The van der Waals surface area contributed by atoms with Crippen molar-refractivity contribution in [1.82, 2.24) is 15.6 Å². The first-order valence-corrected chi connectivity index (χ1v) is 8.45. The number of carbonyl (C=O) groups excluding carboxylic acids is 1. The van der Waals surface area contributed by atoms with E-state index in [0.717, 1.165) is 40.5 Å². The van der Waals surface area contributed by atoms with Gasteiger partial charge in [0.1, 0.15) is 0 Å². The maximum absolute atomic E-state index is 12.7. The highest BCUT2D eigenvalue weighted by Crippen LogP contribution is 2.23. The largest absolute Gasteiger partial charge is 0.348 e. The highest BCUT2D eigenvalue weighted by molar-refractivity contribution is 9.10. The van der Waals surface area contributed by atoms with Crippen LogP contribution in [0.3, 0.4) is 0 Å². The van der Waals surface area contributed by atoms with Crippen LogP contribution in [-0.2, 0) is 0 Å². The zero-order valence-electron chi connectivity index (χ0n) is 13.6. The Balaban J connectivity index is 0.00000144. The summed E-state index contributed by atoms with van der Waals surface area (Å²) in [5.41, 5.74) is 2.40. The van der Waals surface area contributed by atoms with E-state index in [1.807, 2.05) is 31.2 Å². The average molecular weight is 435 g/mol. The molecular weight excluding hydrogens is 413 g/mol. The Morgan fingerprint density at radius 1 is 1.33 bits per heavy atom. The van der Waals surface area contributed by atoms with E-state index in [4.69, 9.17) is 0 Å². The maximum atomic E-state index is 12.7. The average Bonchev–Trinajstić information content (AvgIpc) is 2.48. The number of carbonyl (C=O) groups is 1. The van der Waals surface area contributed by atoms with Gasteiger partial charge in [0, 0.05) is 27.6 Å². The van der Waals surface area contributed by atoms with Crippen LogP contribution in [0.2, 0.25) is 0 Å². The molecule has 0 aliphatic carbocycles. The normalized spacial score (nSPS) is 20.0. The minimum Gasteiger partial charge on any atom is -0.348 e. The third-order valence-corrected chi connectivity index (χ3v) is 4.72. The van der Waals surface area contributed by atoms with E-state index >= 15 is 0 Å². The second-order valence-corrected chi connectivity index (χ2v) is 6.85. The molecule has 2 aromatic rings. The molecule has 132 valence electrons. The van der Waals surface area contributed by atoms with Gasteiger partial charge < -0.3 is 10.6 Å². The first kappa shape index (κ1) is 21.2. The number of piperidine rings is 1. The van der Waals surface area contributed by atoms with E-state index < -0.39 is 0 Å². The fourth-order valence-corrected chi connectivity index (χ4v) is 3.36. The summed E-state index contributed by atoms with van der Waals surface area (Å²) in [7, 11) is 0. The smallest absolute Gasteiger partial charge is 0.252 e. The molecule has 1 saturated heterocycles. The number of hydrogen-bond acceptors (Lipinski definition) is 3. The molecule has 1 aromatic carbocycles. The van der Waals surface area contributed by atoms with Crippen LogP contribution in [0.25, 0.3) is 10.9 Å². The maximum Gasteiger partial charge on any atom is 0.252 e. The van der Waals surface area contributed by atoms with Crippen LogP contribution in [0.5, 0.6) is 0 Å². The minimum atomic E-state index is -0.0154. The van der Waals surface area contributed by atoms with Gasteiger partial charge in [-0.2, -0.15) is 0 Å². The molecular formula is C17H22BrCl2N3O. The van der Waals surface area contributed by atoms with Crippen molar-refractivity contribution in [3.05, 3.63) is 40.0 Å². The van der Waals surface area contributed by atoms with Crippen LogP contribution >= 0.6 is 40.7 Å². The molecule has 2 N–H and O–H groups in total. The van der Waals surface area contributed by atoms with Gasteiger partial charge in [0.15, 0.2) is 0 Å². The first-order valence-electron chi connectivity index (χ1n) is 7.66. The third-order valence-electron chi connectivity index (χ3n) is 4.22. The van der Waals surface area contributed by atoms with E-state index in [0.29, 0.717) is 11.6 Å². The predicted molar refractivity (Wildman–Crippen MR) is 107 cm³/mol. The number of benzene rings is 1. The van der Waals surface area contributed by atoms with Crippen LogP contribution in [0.15, 0.2) is 28.7 Å². The summed E-state index contributed by atoms with van der Waals surface area (Å²) < 4.78 is 0.967. The molecule has 1 amide bonds. The van der Waals surface area contributed by atoms with E-state index in [2.05, 4.69) is 38.5 Å². The summed E-state index contributed by atoms with van der Waals surface area (Å²) >= 11 is 3.46. The van der Waals surface area contributed by atoms with E-state index in [1.54, 1.807) is 0 Å². The summed E-state index contributed by atoms with van der Waals surface area (Å²) in [6.45, 7) is 5.07. The number of halogens is 3. The number of nitrogens with one attached hydrogen (secondary N) is 2. The fraction of sp³-hybridized carbons (Fsp3) is 0.412. The molecule has 1 aliphatic heterocycles. The molecule has 1 aromatic heterocycles. The SMILES string of the molecule is Cc1cc(C(=O)NC2CCCNC2C)c2ccc(Br)cc2n1.Cl.Cl. The van der Waals surface area contributed by atoms with Crippen molar-refractivity contribution in [1.29, 1.82) is 0 Å². The molecule has 2 unspecified atom stereocenters. The molecule has 2 atom stereocenters. The van der Waals surface area contributed by atoms with Crippen LogP contribution in [0.4, 0.5) is 0 Å². The number of rotatable bonds is 2. The summed E-state index contributed by atoms with van der Waals surface area (Å²) in [4.78, 5) is 17.3. The summed E-state index contributed by atoms with van der Waals surface area (Å²) in [6.07, 6.45) is 2.12. The van der Waals surface area contributed by atoms with Crippen LogP contribution in [0, 0.1) is 6.92 Å². The molecule has 24 heavy (non-hydrogen) atoms. The molecule has 0 saturated carbocycles. The predicted octanol–water partition coefficient (Wildman–Crippen LogP) is 4.02. The topological polar surface area (TPSA) is 54.0 Å². The summed E-state index contributed by atoms with van der Waals surface area (Å²) in [6, 6.07) is 8.20. The number of nitrogens with zero attached hydrogens (tertiary/aromatic N) is 1. The highest BCUT2D eigenvalue weighted by Gasteiger charge is 2.23. The lowest BCUT2D eigenvalue weighted by molar-refractivity contribution is 0.0921. The molecule has 4 nitrogen and oxygen atoms in total. The fourth-order valence-electron chi connectivity index (χ4n) is 3.01. The van der Waals surface area contributed by atoms with Crippen LogP contribution in [-0.4, -0.2) is 29.5 Å². The van der Waals surface area contributed by atoms with Crippen molar-refractivity contribution in [2.24, 2.45) is 0 Å². The van der Waals surface area contributed by atoms with Gasteiger partial charge >= 0.3 is 0 Å². The monoisotopic (exact) mass is 433 g/mol. The Labute approximate surface area is 163 Å². The van der Waals surface area contributed by atoms with E-state index in [1.165, 1.54) is 0 Å². The molecule has 0 bridgehead atoms. The van der Waals surface area contributed by atoms with Crippen molar-refractivity contribution in [2.45, 2.75) is 38.8 Å². The van der Waals surface area contributed by atoms with Crippen molar-refractivity contribution in [3.63, 3.8) is 0 Å². The minimum absolute atomic E-state index is 0. The Kier molecular flexibility index (Phi) is 7.93. The van der Waals surface area contributed by atoms with Gasteiger partial charge in [-0.3, -0.25) is 9.78 Å². The Hall–Kier alpha value is -0.880. The zero-order valence-corrected chi connectivity index (χ0v) is 16.9. The molecule has 0 radical (unpaired) electrons. The highest BCUT2D eigenvalue weighted by atomic mass is 79.9. The van der Waals surface area contributed by atoms with Gasteiger partial charge in [-0.25, -0.2) is 0 Å². The number of aromatic nitrogens is 1. The van der Waals surface area contributed by atoms with E-state index in [9.17, 15) is 4.79 Å². The second kappa shape index (κ2) is 8.99. The zero-order chi connectivity index (χ0) is 15.7. The van der Waals surface area contributed by atoms with Crippen molar-refractivity contribution in [3.8, 4) is 0 Å². The quantitative estimate of drug-likeness (QED) is 0.750. The van der Waals surface area contributed by atoms with Crippen molar-refractivity contribution in [2.75, 3.05) is 6.54 Å². The second-order valence-electron chi connectivity index (χ2n) is 5.94. The van der Waals surface area contributed by atoms with Gasteiger partial charge in [0.2, 0.25) is 0 Å². The van der Waals surface area contributed by atoms with Gasteiger partial charge in [-0.1, -0.05) is 22.0 Å². The van der Waals surface area contributed by atoms with Crippen molar-refractivity contribution < 1.29 is 4.79 Å². The number of pyridine rings is 1.